The topological polar surface area (TPSA) is 87.2 Å². The summed E-state index contributed by atoms with van der Waals surface area (Å²) in [6, 6.07) is 16.0. The first-order valence-electron chi connectivity index (χ1n) is 9.04. The maximum absolute atomic E-state index is 13.6. The van der Waals surface area contributed by atoms with Crippen LogP contribution in [0.5, 0.6) is 5.75 Å². The fourth-order valence-electron chi connectivity index (χ4n) is 3.28. The van der Waals surface area contributed by atoms with Crippen LogP contribution in [-0.4, -0.2) is 22.6 Å². The Hall–Kier alpha value is -3.45. The van der Waals surface area contributed by atoms with E-state index in [0.29, 0.717) is 21.8 Å². The van der Waals surface area contributed by atoms with Gasteiger partial charge in [-0.25, -0.2) is 4.98 Å². The molecule has 2 aromatic carbocycles. The van der Waals surface area contributed by atoms with Crippen LogP contribution in [0.4, 0.5) is 0 Å². The van der Waals surface area contributed by atoms with E-state index >= 15 is 0 Å². The highest BCUT2D eigenvalue weighted by molar-refractivity contribution is 7.17. The summed E-state index contributed by atoms with van der Waals surface area (Å²) in [5, 5.41) is 2.37. The van der Waals surface area contributed by atoms with E-state index in [1.165, 1.54) is 15.9 Å². The highest BCUT2D eigenvalue weighted by Crippen LogP contribution is 2.34. The molecule has 4 rings (SSSR count). The van der Waals surface area contributed by atoms with Gasteiger partial charge in [0.1, 0.15) is 22.4 Å². The molecule has 0 saturated carbocycles. The Morgan fingerprint density at radius 3 is 2.55 bits per heavy atom. The second-order valence-corrected chi connectivity index (χ2v) is 7.47. The van der Waals surface area contributed by atoms with Crippen molar-refractivity contribution in [3.63, 3.8) is 0 Å². The molecule has 4 aromatic rings. The molecule has 29 heavy (non-hydrogen) atoms. The van der Waals surface area contributed by atoms with Crippen LogP contribution < -0.4 is 16.0 Å². The number of nitrogens with two attached hydrogens (primary N) is 1. The molecule has 7 heteroatoms. The lowest BCUT2D eigenvalue weighted by Gasteiger charge is -2.17. The maximum Gasteiger partial charge on any atom is 0.263 e. The average molecular weight is 405 g/mol. The van der Waals surface area contributed by atoms with Gasteiger partial charge in [0.15, 0.2) is 0 Å². The van der Waals surface area contributed by atoms with Crippen molar-refractivity contribution in [3.8, 4) is 28.3 Å². The Bertz CT molecular complexity index is 1260. The van der Waals surface area contributed by atoms with E-state index in [1.54, 1.807) is 14.0 Å². The van der Waals surface area contributed by atoms with Crippen LogP contribution >= 0.6 is 11.3 Å². The summed E-state index contributed by atoms with van der Waals surface area (Å²) in [6.07, 6.45) is 0. The van der Waals surface area contributed by atoms with Gasteiger partial charge in [-0.15, -0.1) is 11.3 Å². The molecule has 6 nitrogen and oxygen atoms in total. The third kappa shape index (κ3) is 3.30. The van der Waals surface area contributed by atoms with Crippen molar-refractivity contribution in [2.45, 2.75) is 13.0 Å². The lowest BCUT2D eigenvalue weighted by molar-refractivity contribution is -0.120. The molecule has 1 amide bonds. The molecule has 0 bridgehead atoms. The van der Waals surface area contributed by atoms with Crippen LogP contribution in [0.25, 0.3) is 32.7 Å². The third-order valence-corrected chi connectivity index (χ3v) is 5.72. The van der Waals surface area contributed by atoms with Gasteiger partial charge in [0.2, 0.25) is 5.91 Å². The number of hydrogen-bond donors (Lipinski definition) is 1. The smallest absolute Gasteiger partial charge is 0.263 e. The van der Waals surface area contributed by atoms with Gasteiger partial charge >= 0.3 is 0 Å². The summed E-state index contributed by atoms with van der Waals surface area (Å²) in [5.74, 6) is 0.526. The summed E-state index contributed by atoms with van der Waals surface area (Å²) in [6.45, 7) is 1.61. The molecular weight excluding hydrogens is 386 g/mol. The lowest BCUT2D eigenvalue weighted by Crippen LogP contribution is -2.33. The fourth-order valence-corrected chi connectivity index (χ4v) is 4.22. The second kappa shape index (κ2) is 7.52. The Morgan fingerprint density at radius 2 is 1.86 bits per heavy atom. The van der Waals surface area contributed by atoms with E-state index in [9.17, 15) is 9.59 Å². The molecule has 1 unspecified atom stereocenters. The first kappa shape index (κ1) is 18.9. The van der Waals surface area contributed by atoms with Crippen LogP contribution in [0.1, 0.15) is 13.0 Å². The standard InChI is InChI=1S/C22H19N3O3S/c1-13(19(23)26)25-20(14-7-4-3-5-8-14)24-21-18(22(25)27)17(12-29-21)15-9-6-10-16(11-15)28-2/h3-13H,1-2H3,(H2,23,26). The molecule has 2 N–H and O–H groups in total. The van der Waals surface area contributed by atoms with E-state index < -0.39 is 11.9 Å². The third-order valence-electron chi connectivity index (χ3n) is 4.85. The van der Waals surface area contributed by atoms with E-state index in [4.69, 9.17) is 15.5 Å². The van der Waals surface area contributed by atoms with Crippen molar-refractivity contribution < 1.29 is 9.53 Å². The first-order chi connectivity index (χ1) is 14.0. The van der Waals surface area contributed by atoms with E-state index in [1.807, 2.05) is 60.0 Å². The Kier molecular flexibility index (Phi) is 4.90. The monoisotopic (exact) mass is 405 g/mol. The minimum absolute atomic E-state index is 0.292. The van der Waals surface area contributed by atoms with Crippen molar-refractivity contribution in [2.24, 2.45) is 5.73 Å². The number of amides is 1. The number of primary amides is 1. The van der Waals surface area contributed by atoms with Crippen LogP contribution in [-0.2, 0) is 4.79 Å². The largest absolute Gasteiger partial charge is 0.497 e. The second-order valence-electron chi connectivity index (χ2n) is 6.62. The molecule has 0 aliphatic heterocycles. The van der Waals surface area contributed by atoms with Crippen LogP contribution in [0, 0.1) is 0 Å². The average Bonchev–Trinajstić information content (AvgIpc) is 3.18. The number of thiophene rings is 1. The van der Waals surface area contributed by atoms with Gasteiger partial charge in [-0.2, -0.15) is 0 Å². The van der Waals surface area contributed by atoms with Gasteiger partial charge in [-0.1, -0.05) is 42.5 Å². The first-order valence-corrected chi connectivity index (χ1v) is 9.92. The summed E-state index contributed by atoms with van der Waals surface area (Å²) in [4.78, 5) is 30.9. The number of fused-ring (bicyclic) bond motifs is 1. The minimum atomic E-state index is -0.840. The molecule has 1 atom stereocenters. The maximum atomic E-state index is 13.6. The number of rotatable bonds is 5. The number of ether oxygens (including phenoxy) is 1. The molecule has 0 spiro atoms. The van der Waals surface area contributed by atoms with Crippen LogP contribution in [0.3, 0.4) is 0 Å². The van der Waals surface area contributed by atoms with Crippen molar-refractivity contribution >= 4 is 27.5 Å². The zero-order valence-corrected chi connectivity index (χ0v) is 16.8. The van der Waals surface area contributed by atoms with E-state index in [0.717, 1.165) is 16.7 Å². The molecule has 0 aliphatic carbocycles. The van der Waals surface area contributed by atoms with Gasteiger partial charge in [0.25, 0.3) is 5.56 Å². The quantitative estimate of drug-likeness (QED) is 0.546. The number of hydrogen-bond acceptors (Lipinski definition) is 5. The Balaban J connectivity index is 2.04. The molecule has 0 aliphatic rings. The van der Waals surface area contributed by atoms with Gasteiger partial charge in [0, 0.05) is 16.5 Å². The number of carbonyl (C=O) groups excluding carboxylic acids is 1. The fraction of sp³-hybridized carbons (Fsp3) is 0.136. The predicted molar refractivity (Wildman–Crippen MR) is 115 cm³/mol. The van der Waals surface area contributed by atoms with E-state index in [2.05, 4.69) is 0 Å². The van der Waals surface area contributed by atoms with Crippen molar-refractivity contribution in [2.75, 3.05) is 7.11 Å². The number of aromatic nitrogens is 2. The normalized spacial score (nSPS) is 12.1. The van der Waals surface area contributed by atoms with Crippen LogP contribution in [0.15, 0.2) is 64.8 Å². The molecule has 2 aromatic heterocycles. The van der Waals surface area contributed by atoms with E-state index in [-0.39, 0.29) is 5.56 Å². The summed E-state index contributed by atoms with van der Waals surface area (Å²) >= 11 is 1.39. The molecule has 0 fully saturated rings. The number of benzene rings is 2. The van der Waals surface area contributed by atoms with Crippen molar-refractivity contribution in [1.82, 2.24) is 9.55 Å². The predicted octanol–water partition coefficient (Wildman–Crippen LogP) is 3.85. The highest BCUT2D eigenvalue weighted by atomic mass is 32.1. The zero-order chi connectivity index (χ0) is 20.5. The highest BCUT2D eigenvalue weighted by Gasteiger charge is 2.23. The van der Waals surface area contributed by atoms with Crippen LogP contribution in [0.2, 0.25) is 0 Å². The number of carbonyl (C=O) groups is 1. The summed E-state index contributed by atoms with van der Waals surface area (Å²) < 4.78 is 6.69. The molecule has 146 valence electrons. The van der Waals surface area contributed by atoms with Crippen molar-refractivity contribution in [1.29, 1.82) is 0 Å². The minimum Gasteiger partial charge on any atom is -0.497 e. The molecule has 0 radical (unpaired) electrons. The number of methoxy groups -OCH3 is 1. The van der Waals surface area contributed by atoms with Gasteiger partial charge in [-0.3, -0.25) is 14.2 Å². The van der Waals surface area contributed by atoms with Gasteiger partial charge < -0.3 is 10.5 Å². The summed E-state index contributed by atoms with van der Waals surface area (Å²) in [7, 11) is 1.60. The lowest BCUT2D eigenvalue weighted by atomic mass is 10.1. The number of nitrogens with zero attached hydrogens (tertiary/aromatic N) is 2. The Morgan fingerprint density at radius 1 is 1.14 bits per heavy atom. The molecule has 0 saturated heterocycles. The Labute approximate surface area is 171 Å². The van der Waals surface area contributed by atoms with Gasteiger partial charge in [-0.05, 0) is 24.6 Å². The molecule has 2 heterocycles. The SMILES string of the molecule is COc1cccc(-c2csc3nc(-c4ccccc4)n(C(C)C(N)=O)c(=O)c23)c1. The van der Waals surface area contributed by atoms with Gasteiger partial charge in [0.05, 0.1) is 12.5 Å². The summed E-state index contributed by atoms with van der Waals surface area (Å²) in [5.41, 5.74) is 7.61. The van der Waals surface area contributed by atoms with Crippen molar-refractivity contribution in [3.05, 3.63) is 70.3 Å². The zero-order valence-electron chi connectivity index (χ0n) is 16.0. The molecular formula is C22H19N3O3S.